The van der Waals surface area contributed by atoms with E-state index in [1.807, 2.05) is 55.6 Å². The number of anilines is 1. The molecule has 2 aromatic carbocycles. The van der Waals surface area contributed by atoms with Crippen molar-refractivity contribution >= 4 is 28.5 Å². The predicted octanol–water partition coefficient (Wildman–Crippen LogP) is 3.51. The van der Waals surface area contributed by atoms with Crippen LogP contribution in [0, 0.1) is 17.8 Å². The van der Waals surface area contributed by atoms with Crippen LogP contribution in [0.15, 0.2) is 48.5 Å². The van der Waals surface area contributed by atoms with Crippen molar-refractivity contribution in [2.24, 2.45) is 17.8 Å². The third-order valence-electron chi connectivity index (χ3n) is 7.66. The molecule has 3 unspecified atom stereocenters. The van der Waals surface area contributed by atoms with Crippen molar-refractivity contribution in [1.29, 1.82) is 0 Å². The van der Waals surface area contributed by atoms with Crippen molar-refractivity contribution in [3.05, 3.63) is 59.9 Å². The second kappa shape index (κ2) is 7.08. The Bertz CT molecular complexity index is 1190. The van der Waals surface area contributed by atoms with Crippen molar-refractivity contribution in [1.82, 2.24) is 20.2 Å². The SMILES string of the molecule is CN(Cc1nc2ccccc2[nH]1)C(=O)C1CC2CCC1C[C@@]21NC(=O)c2ccccc2N1. The molecule has 1 aliphatic heterocycles. The minimum absolute atomic E-state index is 0.00961. The number of aromatic nitrogens is 2. The number of hydrogen-bond acceptors (Lipinski definition) is 4. The van der Waals surface area contributed by atoms with E-state index in [-0.39, 0.29) is 29.6 Å². The molecule has 4 aliphatic rings. The van der Waals surface area contributed by atoms with Crippen LogP contribution in [-0.2, 0) is 11.3 Å². The van der Waals surface area contributed by atoms with Gasteiger partial charge in [0.25, 0.3) is 5.91 Å². The number of carbonyl (C=O) groups excluding carboxylic acids is 2. The van der Waals surface area contributed by atoms with Gasteiger partial charge in [-0.1, -0.05) is 24.3 Å². The van der Waals surface area contributed by atoms with E-state index in [1.54, 1.807) is 4.90 Å². The Morgan fingerprint density at radius 2 is 1.94 bits per heavy atom. The van der Waals surface area contributed by atoms with E-state index < -0.39 is 5.66 Å². The summed E-state index contributed by atoms with van der Waals surface area (Å²) in [6, 6.07) is 15.6. The molecule has 3 N–H and O–H groups in total. The smallest absolute Gasteiger partial charge is 0.255 e. The highest BCUT2D eigenvalue weighted by molar-refractivity contribution is 6.02. The van der Waals surface area contributed by atoms with Crippen LogP contribution in [0.1, 0.15) is 41.9 Å². The number of aromatic amines is 1. The Labute approximate surface area is 186 Å². The van der Waals surface area contributed by atoms with Crippen LogP contribution >= 0.6 is 0 Å². The maximum Gasteiger partial charge on any atom is 0.255 e. The minimum Gasteiger partial charge on any atom is -0.362 e. The third kappa shape index (κ3) is 2.98. The van der Waals surface area contributed by atoms with E-state index in [0.717, 1.165) is 48.2 Å². The normalized spacial score (nSPS) is 28.3. The summed E-state index contributed by atoms with van der Waals surface area (Å²) < 4.78 is 0. The fourth-order valence-electron chi connectivity index (χ4n) is 6.11. The van der Waals surface area contributed by atoms with Crippen LogP contribution in [0.5, 0.6) is 0 Å². The molecule has 1 aromatic heterocycles. The van der Waals surface area contributed by atoms with Gasteiger partial charge in [-0.05, 0) is 55.9 Å². The monoisotopic (exact) mass is 429 g/mol. The molecule has 0 radical (unpaired) electrons. The van der Waals surface area contributed by atoms with Crippen LogP contribution in [0.3, 0.4) is 0 Å². The van der Waals surface area contributed by atoms with Gasteiger partial charge in [0, 0.05) is 24.6 Å². The average Bonchev–Trinajstić information content (AvgIpc) is 3.21. The van der Waals surface area contributed by atoms with Gasteiger partial charge in [0.1, 0.15) is 11.5 Å². The van der Waals surface area contributed by atoms with E-state index in [1.165, 1.54) is 0 Å². The number of benzene rings is 2. The lowest BCUT2D eigenvalue weighted by Gasteiger charge is -2.56. The molecular formula is C25H27N5O2. The summed E-state index contributed by atoms with van der Waals surface area (Å²) in [6.07, 6.45) is 3.63. The van der Waals surface area contributed by atoms with E-state index in [4.69, 9.17) is 0 Å². The molecule has 3 fully saturated rings. The highest BCUT2D eigenvalue weighted by atomic mass is 16.2. The average molecular weight is 430 g/mol. The van der Waals surface area contributed by atoms with E-state index in [0.29, 0.717) is 12.1 Å². The van der Waals surface area contributed by atoms with Gasteiger partial charge in [-0.25, -0.2) is 4.98 Å². The first kappa shape index (κ1) is 19.3. The van der Waals surface area contributed by atoms with Crippen molar-refractivity contribution in [2.75, 3.05) is 12.4 Å². The number of H-pyrrole nitrogens is 1. The zero-order valence-electron chi connectivity index (χ0n) is 18.1. The first-order chi connectivity index (χ1) is 15.5. The molecule has 0 saturated heterocycles. The zero-order valence-corrected chi connectivity index (χ0v) is 18.1. The lowest BCUT2D eigenvalue weighted by atomic mass is 9.58. The number of carbonyl (C=O) groups is 2. The highest BCUT2D eigenvalue weighted by Crippen LogP contribution is 2.52. The third-order valence-corrected chi connectivity index (χ3v) is 7.66. The van der Waals surface area contributed by atoms with Crippen molar-refractivity contribution in [2.45, 2.75) is 37.9 Å². The van der Waals surface area contributed by atoms with Crippen LogP contribution < -0.4 is 10.6 Å². The highest BCUT2D eigenvalue weighted by Gasteiger charge is 2.55. The van der Waals surface area contributed by atoms with E-state index in [2.05, 4.69) is 20.6 Å². The topological polar surface area (TPSA) is 90.1 Å². The Kier molecular flexibility index (Phi) is 4.28. The molecule has 2 heterocycles. The van der Waals surface area contributed by atoms with Crippen LogP contribution in [0.4, 0.5) is 5.69 Å². The largest absolute Gasteiger partial charge is 0.362 e. The van der Waals surface area contributed by atoms with Gasteiger partial charge in [-0.3, -0.25) is 9.59 Å². The lowest BCUT2D eigenvalue weighted by Crippen LogP contribution is -2.68. The summed E-state index contributed by atoms with van der Waals surface area (Å²) in [7, 11) is 1.87. The lowest BCUT2D eigenvalue weighted by molar-refractivity contribution is -0.142. The van der Waals surface area contributed by atoms with Crippen molar-refractivity contribution < 1.29 is 9.59 Å². The molecule has 3 aromatic rings. The molecule has 7 nitrogen and oxygen atoms in total. The first-order valence-corrected chi connectivity index (χ1v) is 11.4. The van der Waals surface area contributed by atoms with Crippen molar-refractivity contribution in [3.8, 4) is 0 Å². The molecule has 32 heavy (non-hydrogen) atoms. The predicted molar refractivity (Wildman–Crippen MR) is 122 cm³/mol. The number of hydrogen-bond donors (Lipinski definition) is 3. The minimum atomic E-state index is -0.442. The van der Waals surface area contributed by atoms with Gasteiger partial charge in [-0.15, -0.1) is 0 Å². The second-order valence-corrected chi connectivity index (χ2v) is 9.57. The summed E-state index contributed by atoms with van der Waals surface area (Å²) in [6.45, 7) is 0.467. The number of nitrogens with one attached hydrogen (secondary N) is 3. The molecule has 3 saturated carbocycles. The summed E-state index contributed by atoms with van der Waals surface area (Å²) in [4.78, 5) is 36.0. The van der Waals surface area contributed by atoms with Crippen LogP contribution in [0.2, 0.25) is 0 Å². The molecule has 2 bridgehead atoms. The van der Waals surface area contributed by atoms with Gasteiger partial charge in [0.15, 0.2) is 0 Å². The number of rotatable bonds is 3. The van der Waals surface area contributed by atoms with Crippen LogP contribution in [0.25, 0.3) is 11.0 Å². The number of imidazole rings is 1. The van der Waals surface area contributed by atoms with Gasteiger partial charge in [0.2, 0.25) is 5.91 Å². The Hall–Kier alpha value is -3.35. The first-order valence-electron chi connectivity index (χ1n) is 11.4. The molecule has 4 atom stereocenters. The Morgan fingerprint density at radius 1 is 1.12 bits per heavy atom. The Morgan fingerprint density at radius 3 is 2.75 bits per heavy atom. The molecular weight excluding hydrogens is 402 g/mol. The molecule has 164 valence electrons. The molecule has 3 aliphatic carbocycles. The summed E-state index contributed by atoms with van der Waals surface area (Å²) >= 11 is 0. The standard InChI is InChI=1S/C25H27N5O2/c1-30(14-22-26-20-8-4-5-9-21(20)27-22)24(32)18-12-16-11-10-15(18)13-25(16)28-19-7-3-2-6-17(19)23(31)29-25/h2-9,15-16,18,28H,10-14H2,1H3,(H,26,27)(H,29,31)/t15?,16?,18?,25-/m1/s1. The number of nitrogens with zero attached hydrogens (tertiary/aromatic N) is 2. The number of amides is 2. The Balaban J connectivity index is 1.19. The van der Waals surface area contributed by atoms with Gasteiger partial charge in [0.05, 0.1) is 23.1 Å². The zero-order chi connectivity index (χ0) is 21.9. The van der Waals surface area contributed by atoms with Gasteiger partial charge in [-0.2, -0.15) is 0 Å². The molecule has 2 amide bonds. The van der Waals surface area contributed by atoms with E-state index in [9.17, 15) is 9.59 Å². The molecule has 1 spiro atoms. The summed E-state index contributed by atoms with van der Waals surface area (Å²) in [5.74, 6) is 1.44. The second-order valence-electron chi connectivity index (χ2n) is 9.57. The van der Waals surface area contributed by atoms with Crippen molar-refractivity contribution in [3.63, 3.8) is 0 Å². The molecule has 7 rings (SSSR count). The summed E-state index contributed by atoms with van der Waals surface area (Å²) in [5.41, 5.74) is 3.05. The maximum absolute atomic E-state index is 13.4. The van der Waals surface area contributed by atoms with E-state index >= 15 is 0 Å². The summed E-state index contributed by atoms with van der Waals surface area (Å²) in [5, 5.41) is 6.92. The maximum atomic E-state index is 13.4. The number of fused-ring (bicyclic) bond motifs is 4. The van der Waals surface area contributed by atoms with Gasteiger partial charge < -0.3 is 20.5 Å². The fourth-order valence-corrected chi connectivity index (χ4v) is 6.11. The van der Waals surface area contributed by atoms with Crippen LogP contribution in [-0.4, -0.2) is 39.4 Å². The molecule has 7 heteroatoms. The number of para-hydroxylation sites is 3. The van der Waals surface area contributed by atoms with Gasteiger partial charge >= 0.3 is 0 Å². The fraction of sp³-hybridized carbons (Fsp3) is 0.400. The quantitative estimate of drug-likeness (QED) is 0.594.